The molecule has 5 aromatic rings. The fourth-order valence-electron chi connectivity index (χ4n) is 5.08. The molecule has 0 unspecified atom stereocenters. The minimum Gasteiger partial charge on any atom is -0.392 e. The third kappa shape index (κ3) is 8.06. The van der Waals surface area contributed by atoms with Crippen LogP contribution in [0.2, 0.25) is 0 Å². The van der Waals surface area contributed by atoms with E-state index in [1.807, 2.05) is 79.7 Å². The minimum atomic E-state index is -3.60. The molecule has 0 aliphatic carbocycles. The van der Waals surface area contributed by atoms with Crippen LogP contribution in [0, 0.1) is 6.92 Å². The van der Waals surface area contributed by atoms with Gasteiger partial charge in [0.05, 0.1) is 23.7 Å². The van der Waals surface area contributed by atoms with E-state index in [1.54, 1.807) is 53.4 Å². The number of aromatic nitrogens is 2. The number of nitrogens with one attached hydrogen (secondary N) is 1. The van der Waals surface area contributed by atoms with Crippen LogP contribution in [0.4, 0.5) is 0 Å². The molecule has 3 atom stereocenters. The number of sulfonamides is 1. The van der Waals surface area contributed by atoms with E-state index in [2.05, 4.69) is 14.9 Å². The lowest BCUT2D eigenvalue weighted by Gasteiger charge is -2.36. The van der Waals surface area contributed by atoms with Crippen molar-refractivity contribution >= 4 is 33.1 Å². The Morgan fingerprint density at radius 1 is 0.867 bits per heavy atom. The molecule has 0 saturated carbocycles. The van der Waals surface area contributed by atoms with Crippen LogP contribution in [0.5, 0.6) is 0 Å². The Morgan fingerprint density at radius 2 is 1.62 bits per heavy atom. The molecule has 0 amide bonds. The Hall–Kier alpha value is -3.42. The molecule has 4 aromatic carbocycles. The molecule has 1 aliphatic rings. The minimum absolute atomic E-state index is 0.00335. The summed E-state index contributed by atoms with van der Waals surface area (Å²) in [5, 5.41) is 18.8. The third-order valence-corrected chi connectivity index (χ3v) is 11.0. The monoisotopic (exact) mass is 659 g/mol. The van der Waals surface area contributed by atoms with E-state index < -0.39 is 16.3 Å². The van der Waals surface area contributed by atoms with Gasteiger partial charge in [0.25, 0.3) is 0 Å². The van der Waals surface area contributed by atoms with Gasteiger partial charge in [-0.25, -0.2) is 13.1 Å². The number of nitrogens with zero attached hydrogens (tertiary/aromatic N) is 2. The molecule has 1 fully saturated rings. The number of thioether (sulfide) groups is 1. The van der Waals surface area contributed by atoms with Crippen LogP contribution in [0.15, 0.2) is 112 Å². The predicted octanol–water partition coefficient (Wildman–Crippen LogP) is 6.82. The summed E-state index contributed by atoms with van der Waals surface area (Å²) >= 11 is 3.22. The van der Waals surface area contributed by atoms with Gasteiger partial charge in [-0.1, -0.05) is 108 Å². The summed E-state index contributed by atoms with van der Waals surface area (Å²) in [7, 11) is -3.60. The molecule has 1 aliphatic heterocycles. The van der Waals surface area contributed by atoms with E-state index in [4.69, 9.17) is 9.47 Å². The van der Waals surface area contributed by atoms with Crippen LogP contribution >= 0.6 is 23.1 Å². The van der Waals surface area contributed by atoms with E-state index >= 15 is 0 Å². The van der Waals surface area contributed by atoms with Crippen molar-refractivity contribution in [3.63, 3.8) is 0 Å². The van der Waals surface area contributed by atoms with Gasteiger partial charge in [0.2, 0.25) is 10.0 Å². The van der Waals surface area contributed by atoms with Crippen molar-refractivity contribution in [1.29, 1.82) is 0 Å². The first-order valence-corrected chi connectivity index (χ1v) is 17.8. The summed E-state index contributed by atoms with van der Waals surface area (Å²) in [6.07, 6.45) is -0.111. The van der Waals surface area contributed by atoms with Gasteiger partial charge in [-0.15, -0.1) is 10.2 Å². The number of aliphatic hydroxyl groups excluding tert-OH is 1. The first kappa shape index (κ1) is 31.6. The number of aryl methyl sites for hydroxylation is 1. The van der Waals surface area contributed by atoms with Gasteiger partial charge in [-0.05, 0) is 52.9 Å². The highest BCUT2D eigenvalue weighted by Crippen LogP contribution is 2.40. The zero-order valence-electron chi connectivity index (χ0n) is 24.6. The molecule has 6 rings (SSSR count). The van der Waals surface area contributed by atoms with Gasteiger partial charge in [0.15, 0.2) is 10.6 Å². The summed E-state index contributed by atoms with van der Waals surface area (Å²) in [6.45, 7) is 2.13. The number of ether oxygens (including phenoxy) is 2. The smallest absolute Gasteiger partial charge is 0.240 e. The van der Waals surface area contributed by atoms with E-state index in [9.17, 15) is 13.5 Å². The number of hydrogen-bond acceptors (Lipinski definition) is 9. The van der Waals surface area contributed by atoms with Gasteiger partial charge < -0.3 is 14.6 Å². The lowest BCUT2D eigenvalue weighted by Crippen LogP contribution is -2.31. The molecule has 0 bridgehead atoms. The topological polar surface area (TPSA) is 111 Å². The van der Waals surface area contributed by atoms with Crippen molar-refractivity contribution in [2.75, 3.05) is 5.75 Å². The number of hydrogen-bond donors (Lipinski definition) is 2. The second kappa shape index (κ2) is 14.3. The highest BCUT2D eigenvalue weighted by molar-refractivity contribution is 8.01. The maximum atomic E-state index is 12.7. The SMILES string of the molecule is Cc1nnc(SC[C@@H]2C[C@H](c3ccc(CO)cc3)O[C@H](c3ccc(-c4cccc(CNS(=O)(=O)c5ccccc5)c4)cc3)O2)s1. The zero-order chi connectivity index (χ0) is 31.2. The van der Waals surface area contributed by atoms with Crippen molar-refractivity contribution in [2.24, 2.45) is 0 Å². The maximum Gasteiger partial charge on any atom is 0.240 e. The second-order valence-electron chi connectivity index (χ2n) is 10.7. The second-order valence-corrected chi connectivity index (χ2v) is 14.9. The number of rotatable bonds is 11. The summed E-state index contributed by atoms with van der Waals surface area (Å²) in [6, 6.07) is 32.1. The molecule has 1 aromatic heterocycles. The van der Waals surface area contributed by atoms with Crippen LogP contribution in [-0.4, -0.2) is 35.6 Å². The Kier molecular flexibility index (Phi) is 10.1. The molecule has 0 spiro atoms. The number of aliphatic hydroxyl groups is 1. The molecule has 8 nitrogen and oxygen atoms in total. The highest BCUT2D eigenvalue weighted by atomic mass is 32.2. The van der Waals surface area contributed by atoms with E-state index in [0.29, 0.717) is 6.42 Å². The Balaban J connectivity index is 1.16. The summed E-state index contributed by atoms with van der Waals surface area (Å²) in [5.74, 6) is 0.721. The quantitative estimate of drug-likeness (QED) is 0.149. The molecule has 2 N–H and O–H groups in total. The first-order chi connectivity index (χ1) is 21.9. The van der Waals surface area contributed by atoms with E-state index in [1.165, 1.54) is 0 Å². The van der Waals surface area contributed by atoms with E-state index in [-0.39, 0.29) is 30.3 Å². The average Bonchev–Trinajstić information content (AvgIpc) is 3.52. The summed E-state index contributed by atoms with van der Waals surface area (Å²) in [4.78, 5) is 0.240. The number of benzene rings is 4. The molecule has 232 valence electrons. The predicted molar refractivity (Wildman–Crippen MR) is 176 cm³/mol. The normalized spacial score (nSPS) is 18.6. The van der Waals surface area contributed by atoms with Crippen LogP contribution < -0.4 is 4.72 Å². The highest BCUT2D eigenvalue weighted by Gasteiger charge is 2.32. The largest absolute Gasteiger partial charge is 0.392 e. The van der Waals surface area contributed by atoms with Crippen molar-refractivity contribution in [1.82, 2.24) is 14.9 Å². The Labute approximate surface area is 271 Å². The average molecular weight is 660 g/mol. The summed E-state index contributed by atoms with van der Waals surface area (Å²) < 4.78 is 41.9. The first-order valence-electron chi connectivity index (χ1n) is 14.5. The van der Waals surface area contributed by atoms with Crippen molar-refractivity contribution < 1.29 is 23.0 Å². The van der Waals surface area contributed by atoms with Gasteiger partial charge in [-0.2, -0.15) is 0 Å². The van der Waals surface area contributed by atoms with Crippen molar-refractivity contribution in [3.8, 4) is 11.1 Å². The van der Waals surface area contributed by atoms with Crippen LogP contribution in [-0.2, 0) is 32.6 Å². The van der Waals surface area contributed by atoms with Gasteiger partial charge in [0, 0.05) is 24.3 Å². The van der Waals surface area contributed by atoms with Crippen LogP contribution in [0.25, 0.3) is 11.1 Å². The fraction of sp³-hybridized carbons (Fsp3) is 0.235. The van der Waals surface area contributed by atoms with Gasteiger partial charge in [-0.3, -0.25) is 0 Å². The molecule has 2 heterocycles. The Bertz CT molecular complexity index is 1810. The lowest BCUT2D eigenvalue weighted by atomic mass is 9.99. The molecular weight excluding hydrogens is 627 g/mol. The molecule has 45 heavy (non-hydrogen) atoms. The van der Waals surface area contributed by atoms with Gasteiger partial charge >= 0.3 is 0 Å². The maximum absolute atomic E-state index is 12.7. The van der Waals surface area contributed by atoms with Crippen LogP contribution in [0.1, 0.15) is 46.1 Å². The standard InChI is InChI=1S/C34H33N3O5S3/c1-23-36-37-34(44-23)43-22-30-19-32(27-12-10-24(21-38)11-13-27)42-33(41-30)28-16-14-26(15-17-28)29-7-5-6-25(18-29)20-35-45(39,40)31-8-3-2-4-9-31/h2-18,30,32-33,35,38H,19-22H2,1H3/t30-,32+,33+/m0/s1. The molecular formula is C34H33N3O5S3. The fourth-order valence-corrected chi connectivity index (χ4v) is 7.98. The van der Waals surface area contributed by atoms with Gasteiger partial charge in [0.1, 0.15) is 5.01 Å². The lowest BCUT2D eigenvalue weighted by molar-refractivity contribution is -0.245. The van der Waals surface area contributed by atoms with Crippen molar-refractivity contribution in [2.45, 2.75) is 54.2 Å². The molecule has 0 radical (unpaired) electrons. The Morgan fingerprint density at radius 3 is 2.33 bits per heavy atom. The molecule has 1 saturated heterocycles. The third-order valence-electron chi connectivity index (χ3n) is 7.48. The zero-order valence-corrected chi connectivity index (χ0v) is 27.0. The molecule has 11 heteroatoms. The van der Waals surface area contributed by atoms with Crippen molar-refractivity contribution in [3.05, 3.63) is 130 Å². The summed E-state index contributed by atoms with van der Waals surface area (Å²) in [5.41, 5.74) is 5.64. The van der Waals surface area contributed by atoms with Crippen LogP contribution in [0.3, 0.4) is 0 Å². The van der Waals surface area contributed by atoms with E-state index in [0.717, 1.165) is 48.5 Å².